The molecule has 0 saturated heterocycles. The van der Waals surface area contributed by atoms with Gasteiger partial charge in [-0.1, -0.05) is 4.98 Å². The van der Waals surface area contributed by atoms with Crippen LogP contribution in [0.5, 0.6) is 0 Å². The molecule has 10 heteroatoms. The molecule has 0 saturated carbocycles. The van der Waals surface area contributed by atoms with Gasteiger partial charge in [-0.15, -0.1) is 0 Å². The third kappa shape index (κ3) is 3.96. The molecule has 0 aliphatic rings. The molecule has 0 aliphatic heterocycles. The third-order valence-corrected chi connectivity index (χ3v) is 5.94. The van der Waals surface area contributed by atoms with E-state index < -0.39 is 27.0 Å². The number of aryl methyl sites for hydroxylation is 1. The fraction of sp³-hybridized carbons (Fsp3) is 0.429. The SMILES string of the molecule is C[n+]1cnccc1CC(P(=O)(O)O)P(=O)(O)O. The minimum atomic E-state index is -4.88. The summed E-state index contributed by atoms with van der Waals surface area (Å²) in [5.41, 5.74) is 0.372. The molecule has 96 valence electrons. The van der Waals surface area contributed by atoms with Gasteiger partial charge in [-0.3, -0.25) is 9.13 Å². The molecule has 8 nitrogen and oxygen atoms in total. The van der Waals surface area contributed by atoms with Crippen LogP contribution in [0.15, 0.2) is 18.6 Å². The molecule has 17 heavy (non-hydrogen) atoms. The Morgan fingerprint density at radius 1 is 1.29 bits per heavy atom. The fourth-order valence-corrected chi connectivity index (χ4v) is 3.71. The second-order valence-corrected chi connectivity index (χ2v) is 7.56. The maximum atomic E-state index is 11.1. The largest absolute Gasteiger partial charge is 0.341 e. The highest BCUT2D eigenvalue weighted by Gasteiger charge is 2.44. The highest BCUT2D eigenvalue weighted by Crippen LogP contribution is 2.60. The molecule has 0 bridgehead atoms. The zero-order chi connectivity index (χ0) is 13.3. The Morgan fingerprint density at radius 3 is 2.24 bits per heavy atom. The van der Waals surface area contributed by atoms with Gasteiger partial charge in [-0.2, -0.15) is 0 Å². The second kappa shape index (κ2) is 4.94. The van der Waals surface area contributed by atoms with Crippen LogP contribution < -0.4 is 4.57 Å². The van der Waals surface area contributed by atoms with Crippen LogP contribution in [0.1, 0.15) is 5.69 Å². The number of aromatic nitrogens is 2. The zero-order valence-corrected chi connectivity index (χ0v) is 10.7. The van der Waals surface area contributed by atoms with Crippen molar-refractivity contribution >= 4 is 15.2 Å². The molecule has 1 aromatic heterocycles. The smallest absolute Gasteiger partial charge is 0.324 e. The summed E-state index contributed by atoms with van der Waals surface area (Å²) in [6.07, 6.45) is 2.34. The third-order valence-electron chi connectivity index (χ3n) is 2.21. The van der Waals surface area contributed by atoms with E-state index in [2.05, 4.69) is 4.98 Å². The summed E-state index contributed by atoms with van der Waals surface area (Å²) in [7, 11) is -8.19. The Morgan fingerprint density at radius 2 is 1.82 bits per heavy atom. The molecule has 0 aliphatic carbocycles. The van der Waals surface area contributed by atoms with Gasteiger partial charge < -0.3 is 19.6 Å². The lowest BCUT2D eigenvalue weighted by Crippen LogP contribution is -2.35. The highest BCUT2D eigenvalue weighted by molar-refractivity contribution is 7.70. The van der Waals surface area contributed by atoms with Gasteiger partial charge >= 0.3 is 15.2 Å². The van der Waals surface area contributed by atoms with E-state index in [-0.39, 0.29) is 0 Å². The minimum absolute atomic E-state index is 0.372. The van der Waals surface area contributed by atoms with Crippen LogP contribution in [0.25, 0.3) is 0 Å². The van der Waals surface area contributed by atoms with E-state index in [4.69, 9.17) is 19.6 Å². The van der Waals surface area contributed by atoms with Gasteiger partial charge in [0.05, 0.1) is 7.05 Å². The average Bonchev–Trinajstić information content (AvgIpc) is 2.12. The maximum absolute atomic E-state index is 11.1. The Kier molecular flexibility index (Phi) is 4.19. The lowest BCUT2D eigenvalue weighted by Gasteiger charge is -2.18. The molecule has 1 aromatic rings. The summed E-state index contributed by atoms with van der Waals surface area (Å²) >= 11 is 0. The van der Waals surface area contributed by atoms with Crippen LogP contribution in [-0.4, -0.2) is 30.0 Å². The summed E-state index contributed by atoms with van der Waals surface area (Å²) in [4.78, 5) is 39.6. The Balaban J connectivity index is 3.09. The molecule has 0 atom stereocenters. The van der Waals surface area contributed by atoms with Crippen LogP contribution in [0.2, 0.25) is 0 Å². The zero-order valence-electron chi connectivity index (χ0n) is 8.91. The van der Waals surface area contributed by atoms with Crippen molar-refractivity contribution in [3.63, 3.8) is 0 Å². The van der Waals surface area contributed by atoms with Crippen LogP contribution in [0, 0.1) is 0 Å². The first-order valence-corrected chi connectivity index (χ1v) is 7.87. The van der Waals surface area contributed by atoms with Gasteiger partial charge in [0, 0.05) is 12.5 Å². The van der Waals surface area contributed by atoms with Crippen molar-refractivity contribution in [3.05, 3.63) is 24.3 Å². The highest BCUT2D eigenvalue weighted by atomic mass is 31.2. The van der Waals surface area contributed by atoms with Crippen molar-refractivity contribution in [2.75, 3.05) is 0 Å². The molecule has 0 amide bonds. The van der Waals surface area contributed by atoms with Crippen molar-refractivity contribution in [2.45, 2.75) is 11.8 Å². The molecule has 0 spiro atoms. The lowest BCUT2D eigenvalue weighted by atomic mass is 10.3. The standard InChI is InChI=1S/C7H12N2O6P2/c1-9-5-8-3-2-6(9)4-7(16(10,11)12)17(13,14)15/h2-3,5,7H,4H2,1H3,(H3-,10,11,12,13,14,15)/p+1. The molecule has 1 heterocycles. The summed E-state index contributed by atoms with van der Waals surface area (Å²) in [5, 5.41) is -2.02. The number of hydrogen-bond acceptors (Lipinski definition) is 3. The molecule has 0 radical (unpaired) electrons. The minimum Gasteiger partial charge on any atom is -0.324 e. The number of rotatable bonds is 4. The summed E-state index contributed by atoms with van der Waals surface area (Å²) in [6.45, 7) is 0. The van der Waals surface area contributed by atoms with Gasteiger partial charge in [0.25, 0.3) is 6.33 Å². The topological polar surface area (TPSA) is 132 Å². The van der Waals surface area contributed by atoms with Gasteiger partial charge in [-0.25, -0.2) is 4.57 Å². The van der Waals surface area contributed by atoms with E-state index in [1.54, 1.807) is 7.05 Å². The number of hydrogen-bond donors (Lipinski definition) is 4. The molecular formula is C7H13N2O6P2+. The molecule has 0 unspecified atom stereocenters. The maximum Gasteiger partial charge on any atom is 0.341 e. The van der Waals surface area contributed by atoms with E-state index in [1.807, 2.05) is 0 Å². The Labute approximate surface area is 97.3 Å². The van der Waals surface area contributed by atoms with Crippen molar-refractivity contribution in [1.29, 1.82) is 0 Å². The first-order chi connectivity index (χ1) is 7.62. The first-order valence-electron chi connectivity index (χ1n) is 4.51. The van der Waals surface area contributed by atoms with Crippen molar-refractivity contribution in [3.8, 4) is 0 Å². The van der Waals surface area contributed by atoms with E-state index >= 15 is 0 Å². The molecule has 1 rings (SSSR count). The van der Waals surface area contributed by atoms with E-state index in [0.717, 1.165) is 0 Å². The van der Waals surface area contributed by atoms with Crippen molar-refractivity contribution in [2.24, 2.45) is 7.05 Å². The molecule has 0 aromatic carbocycles. The Hall–Kier alpha value is -0.620. The first kappa shape index (κ1) is 14.4. The second-order valence-electron chi connectivity index (χ2n) is 3.55. The monoisotopic (exact) mass is 283 g/mol. The average molecular weight is 283 g/mol. The molecule has 0 fully saturated rings. The number of nitrogens with zero attached hydrogens (tertiary/aromatic N) is 2. The van der Waals surface area contributed by atoms with Gasteiger partial charge in [0.1, 0.15) is 11.9 Å². The van der Waals surface area contributed by atoms with Crippen LogP contribution in [-0.2, 0) is 22.6 Å². The van der Waals surface area contributed by atoms with Crippen molar-refractivity contribution < 1.29 is 33.3 Å². The van der Waals surface area contributed by atoms with Crippen LogP contribution in [0.4, 0.5) is 0 Å². The van der Waals surface area contributed by atoms with E-state index in [1.165, 1.54) is 23.2 Å². The summed E-state index contributed by atoms with van der Waals surface area (Å²) < 4.78 is 23.6. The summed E-state index contributed by atoms with van der Waals surface area (Å²) in [5.74, 6) is 0. The molecular weight excluding hydrogens is 270 g/mol. The van der Waals surface area contributed by atoms with Crippen LogP contribution >= 0.6 is 15.2 Å². The Bertz CT molecular complexity index is 473. The van der Waals surface area contributed by atoms with E-state index in [9.17, 15) is 9.13 Å². The lowest BCUT2D eigenvalue weighted by molar-refractivity contribution is -0.682. The van der Waals surface area contributed by atoms with Gasteiger partial charge in [-0.05, 0) is 0 Å². The normalized spacial score (nSPS) is 13.1. The summed E-state index contributed by atoms with van der Waals surface area (Å²) in [6, 6.07) is 1.44. The van der Waals surface area contributed by atoms with Gasteiger partial charge in [0.2, 0.25) is 0 Å². The van der Waals surface area contributed by atoms with E-state index in [0.29, 0.717) is 5.69 Å². The molecule has 4 N–H and O–H groups in total. The van der Waals surface area contributed by atoms with Gasteiger partial charge in [0.15, 0.2) is 5.40 Å². The predicted octanol–water partition coefficient (Wildman–Crippen LogP) is -0.870. The predicted molar refractivity (Wildman–Crippen MR) is 57.0 cm³/mol. The van der Waals surface area contributed by atoms with Crippen LogP contribution in [0.3, 0.4) is 0 Å². The fourth-order valence-electron chi connectivity index (χ4n) is 1.29. The quantitative estimate of drug-likeness (QED) is 0.417. The van der Waals surface area contributed by atoms with Crippen molar-refractivity contribution in [1.82, 2.24) is 4.98 Å².